The molecule has 29 heavy (non-hydrogen) atoms. The summed E-state index contributed by atoms with van der Waals surface area (Å²) >= 11 is 1.79. The molecule has 4 rings (SSSR count). The van der Waals surface area contributed by atoms with E-state index in [0.29, 0.717) is 0 Å². The van der Waals surface area contributed by atoms with Gasteiger partial charge < -0.3 is 14.9 Å². The smallest absolute Gasteiger partial charge is 0.138 e. The topological polar surface area (TPSA) is 39.6 Å². The number of aliphatic hydroxyl groups excluding tert-OH is 1. The van der Waals surface area contributed by atoms with E-state index in [-0.39, 0.29) is 31.4 Å². The average molecular weight is 454 g/mol. The number of benzene rings is 1. The number of aromatic nitrogens is 1. The molecular formula is C22H29Cl2N3OS. The second-order valence-corrected chi connectivity index (χ2v) is 8.06. The zero-order valence-corrected chi connectivity index (χ0v) is 19.2. The Morgan fingerprint density at radius 1 is 1.03 bits per heavy atom. The molecule has 1 saturated heterocycles. The SMILES string of the molecule is CCN1CCN(c2nc(-c3ccc(CCCO)cc3)cc3sccc23)CC1.Cl.Cl. The predicted octanol–water partition coefficient (Wildman–Crippen LogP) is 4.87. The van der Waals surface area contributed by atoms with Crippen LogP contribution in [0.2, 0.25) is 0 Å². The first kappa shape index (κ1) is 23.9. The van der Waals surface area contributed by atoms with Gasteiger partial charge >= 0.3 is 0 Å². The van der Waals surface area contributed by atoms with Crippen LogP contribution in [0.5, 0.6) is 0 Å². The molecule has 1 aliphatic heterocycles. The first-order chi connectivity index (χ1) is 13.3. The third-order valence-corrected chi connectivity index (χ3v) is 6.29. The van der Waals surface area contributed by atoms with Gasteiger partial charge in [0.05, 0.1) is 5.69 Å². The Morgan fingerprint density at radius 2 is 1.76 bits per heavy atom. The number of aryl methyl sites for hydroxylation is 1. The summed E-state index contributed by atoms with van der Waals surface area (Å²) < 4.78 is 1.30. The number of aliphatic hydroxyl groups is 1. The van der Waals surface area contributed by atoms with Gasteiger partial charge in [-0.25, -0.2) is 4.98 Å². The van der Waals surface area contributed by atoms with Crippen LogP contribution in [0.3, 0.4) is 0 Å². The molecule has 1 aromatic carbocycles. The Bertz CT molecular complexity index is 893. The molecule has 4 nitrogen and oxygen atoms in total. The van der Waals surface area contributed by atoms with Crippen molar-refractivity contribution in [3.63, 3.8) is 0 Å². The van der Waals surface area contributed by atoms with Crippen molar-refractivity contribution in [2.45, 2.75) is 19.8 Å². The lowest BCUT2D eigenvalue weighted by Gasteiger charge is -2.35. The molecule has 2 aromatic heterocycles. The maximum Gasteiger partial charge on any atom is 0.138 e. The van der Waals surface area contributed by atoms with E-state index in [9.17, 15) is 0 Å². The highest BCUT2D eigenvalue weighted by Crippen LogP contribution is 2.33. The molecule has 0 amide bonds. The molecule has 0 unspecified atom stereocenters. The first-order valence-electron chi connectivity index (χ1n) is 9.84. The summed E-state index contributed by atoms with van der Waals surface area (Å²) in [6, 6.07) is 13.1. The molecule has 0 spiro atoms. The molecule has 1 aliphatic rings. The maximum absolute atomic E-state index is 9.01. The number of hydrogen-bond acceptors (Lipinski definition) is 5. The van der Waals surface area contributed by atoms with Crippen LogP contribution in [0.15, 0.2) is 41.8 Å². The number of piperazine rings is 1. The highest BCUT2D eigenvalue weighted by molar-refractivity contribution is 7.17. The second kappa shape index (κ2) is 11.1. The average Bonchev–Trinajstić information content (AvgIpc) is 3.21. The van der Waals surface area contributed by atoms with Crippen molar-refractivity contribution < 1.29 is 5.11 Å². The molecule has 3 heterocycles. The van der Waals surface area contributed by atoms with Crippen molar-refractivity contribution in [2.24, 2.45) is 0 Å². The van der Waals surface area contributed by atoms with Crippen LogP contribution < -0.4 is 4.90 Å². The van der Waals surface area contributed by atoms with Crippen LogP contribution in [0.4, 0.5) is 5.82 Å². The molecule has 0 radical (unpaired) electrons. The molecule has 0 atom stereocenters. The number of rotatable bonds is 6. The standard InChI is InChI=1S/C22H27N3OS.2ClH/c1-2-24-10-12-25(13-11-24)22-19-9-15-27-21(19)16-20(23-22)18-7-5-17(6-8-18)4-3-14-26;;/h5-9,15-16,26H,2-4,10-14H2,1H3;2*1H. The lowest BCUT2D eigenvalue weighted by Crippen LogP contribution is -2.46. The number of anilines is 1. The fraction of sp³-hybridized carbons (Fsp3) is 0.409. The minimum absolute atomic E-state index is 0. The van der Waals surface area contributed by atoms with Crippen molar-refractivity contribution in [1.29, 1.82) is 0 Å². The van der Waals surface area contributed by atoms with Gasteiger partial charge in [0, 0.05) is 48.4 Å². The Morgan fingerprint density at radius 3 is 2.41 bits per heavy atom. The molecule has 1 N–H and O–H groups in total. The van der Waals surface area contributed by atoms with Gasteiger partial charge in [0.1, 0.15) is 5.82 Å². The van der Waals surface area contributed by atoms with Crippen molar-refractivity contribution in [3.05, 3.63) is 47.3 Å². The van der Waals surface area contributed by atoms with Gasteiger partial charge in [-0.05, 0) is 42.5 Å². The van der Waals surface area contributed by atoms with Gasteiger partial charge in [0.25, 0.3) is 0 Å². The second-order valence-electron chi connectivity index (χ2n) is 7.11. The van der Waals surface area contributed by atoms with Gasteiger partial charge in [-0.2, -0.15) is 0 Å². The van der Waals surface area contributed by atoms with Crippen LogP contribution in [-0.2, 0) is 6.42 Å². The van der Waals surface area contributed by atoms with Crippen LogP contribution in [-0.4, -0.2) is 54.3 Å². The highest BCUT2D eigenvalue weighted by Gasteiger charge is 2.20. The van der Waals surface area contributed by atoms with E-state index < -0.39 is 0 Å². The molecule has 3 aromatic rings. The molecule has 0 bridgehead atoms. The molecule has 158 valence electrons. The first-order valence-corrected chi connectivity index (χ1v) is 10.7. The van der Waals surface area contributed by atoms with Crippen LogP contribution in [0.1, 0.15) is 18.9 Å². The van der Waals surface area contributed by atoms with Crippen molar-refractivity contribution in [1.82, 2.24) is 9.88 Å². The summed E-state index contributed by atoms with van der Waals surface area (Å²) in [5, 5.41) is 12.4. The highest BCUT2D eigenvalue weighted by atomic mass is 35.5. The third-order valence-electron chi connectivity index (χ3n) is 5.42. The van der Waals surface area contributed by atoms with Crippen molar-refractivity contribution >= 4 is 52.1 Å². The Hall–Kier alpha value is -1.37. The number of hydrogen-bond donors (Lipinski definition) is 1. The van der Waals surface area contributed by atoms with E-state index >= 15 is 0 Å². The van der Waals surface area contributed by atoms with E-state index in [4.69, 9.17) is 10.1 Å². The summed E-state index contributed by atoms with van der Waals surface area (Å²) in [6.07, 6.45) is 1.73. The number of thiophene rings is 1. The zero-order valence-electron chi connectivity index (χ0n) is 16.7. The number of halogens is 2. The normalized spacial score (nSPS) is 14.5. The fourth-order valence-electron chi connectivity index (χ4n) is 3.74. The number of likely N-dealkylation sites (N-methyl/N-ethyl adjacent to an activating group) is 1. The number of pyridine rings is 1. The molecule has 1 fully saturated rings. The summed E-state index contributed by atoms with van der Waals surface area (Å²) in [4.78, 5) is 10.0. The zero-order chi connectivity index (χ0) is 18.6. The number of fused-ring (bicyclic) bond motifs is 1. The van der Waals surface area contributed by atoms with E-state index in [1.165, 1.54) is 15.6 Å². The predicted molar refractivity (Wildman–Crippen MR) is 129 cm³/mol. The van der Waals surface area contributed by atoms with Crippen LogP contribution in [0, 0.1) is 0 Å². The minimum Gasteiger partial charge on any atom is -0.396 e. The Kier molecular flexibility index (Phi) is 9.18. The summed E-state index contributed by atoms with van der Waals surface area (Å²) in [5.74, 6) is 1.13. The molecular weight excluding hydrogens is 425 g/mol. The Labute approximate surface area is 189 Å². The number of nitrogens with zero attached hydrogens (tertiary/aromatic N) is 3. The van der Waals surface area contributed by atoms with Crippen molar-refractivity contribution in [3.8, 4) is 11.3 Å². The largest absolute Gasteiger partial charge is 0.396 e. The molecule has 0 aliphatic carbocycles. The molecule has 7 heteroatoms. The summed E-state index contributed by atoms with van der Waals surface area (Å²) in [5.41, 5.74) is 3.47. The van der Waals surface area contributed by atoms with Gasteiger partial charge in [-0.1, -0.05) is 31.2 Å². The van der Waals surface area contributed by atoms with E-state index in [2.05, 4.69) is 58.5 Å². The summed E-state index contributed by atoms with van der Waals surface area (Å²) in [7, 11) is 0. The van der Waals surface area contributed by atoms with E-state index in [1.54, 1.807) is 11.3 Å². The van der Waals surface area contributed by atoms with Gasteiger partial charge in [0.2, 0.25) is 0 Å². The van der Waals surface area contributed by atoms with E-state index in [1.807, 2.05) is 0 Å². The Balaban J connectivity index is 0.00000150. The van der Waals surface area contributed by atoms with Gasteiger partial charge in [-0.15, -0.1) is 36.2 Å². The lowest BCUT2D eigenvalue weighted by atomic mass is 10.0. The van der Waals surface area contributed by atoms with Crippen molar-refractivity contribution in [2.75, 3.05) is 44.2 Å². The van der Waals surface area contributed by atoms with E-state index in [0.717, 1.165) is 62.6 Å². The van der Waals surface area contributed by atoms with Crippen LogP contribution in [0.25, 0.3) is 21.3 Å². The fourth-order valence-corrected chi connectivity index (χ4v) is 4.56. The summed E-state index contributed by atoms with van der Waals surface area (Å²) in [6.45, 7) is 7.88. The molecule has 0 saturated carbocycles. The van der Waals surface area contributed by atoms with Crippen LogP contribution >= 0.6 is 36.2 Å². The maximum atomic E-state index is 9.01. The monoisotopic (exact) mass is 453 g/mol. The quantitative estimate of drug-likeness (QED) is 0.577. The van der Waals surface area contributed by atoms with Gasteiger partial charge in [0.15, 0.2) is 0 Å². The van der Waals surface area contributed by atoms with Gasteiger partial charge in [-0.3, -0.25) is 0 Å². The minimum atomic E-state index is 0. The lowest BCUT2D eigenvalue weighted by molar-refractivity contribution is 0.271. The third kappa shape index (κ3) is 5.41.